The van der Waals surface area contributed by atoms with Crippen LogP contribution in [0.15, 0.2) is 27.9 Å². The summed E-state index contributed by atoms with van der Waals surface area (Å²) < 4.78 is 6.11. The van der Waals surface area contributed by atoms with Crippen LogP contribution in [0.4, 0.5) is 5.95 Å². The molecule has 1 saturated heterocycles. The number of aromatic nitrogens is 6. The highest BCUT2D eigenvalue weighted by Gasteiger charge is 2.32. The fraction of sp³-hybridized carbons (Fsp3) is 0.385. The van der Waals surface area contributed by atoms with Gasteiger partial charge >= 0.3 is 0 Å². The Balaban J connectivity index is 1.67. The molecule has 9 heteroatoms. The molecule has 22 heavy (non-hydrogen) atoms. The second-order valence-corrected chi connectivity index (χ2v) is 6.39. The van der Waals surface area contributed by atoms with Gasteiger partial charge in [-0.25, -0.2) is 0 Å². The Labute approximate surface area is 134 Å². The van der Waals surface area contributed by atoms with Crippen molar-refractivity contribution < 1.29 is 0 Å². The van der Waals surface area contributed by atoms with Crippen LogP contribution in [0, 0.1) is 0 Å². The van der Waals surface area contributed by atoms with Crippen LogP contribution in [0.5, 0.6) is 0 Å². The molecule has 3 aromatic heterocycles. The Kier molecular flexibility index (Phi) is 2.86. The van der Waals surface area contributed by atoms with Gasteiger partial charge in [0.1, 0.15) is 5.39 Å². The summed E-state index contributed by atoms with van der Waals surface area (Å²) in [6.45, 7) is 1.55. The van der Waals surface area contributed by atoms with E-state index < -0.39 is 0 Å². The average Bonchev–Trinajstić information content (AvgIpc) is 3.01. The van der Waals surface area contributed by atoms with Gasteiger partial charge in [0.15, 0.2) is 5.65 Å². The molecule has 0 radical (unpaired) electrons. The predicted octanol–water partition coefficient (Wildman–Crippen LogP) is 0.687. The van der Waals surface area contributed by atoms with E-state index in [1.165, 1.54) is 0 Å². The van der Waals surface area contributed by atoms with Crippen molar-refractivity contribution in [2.45, 2.75) is 6.04 Å². The summed E-state index contributed by atoms with van der Waals surface area (Å²) in [5.41, 5.74) is 0.543. The van der Waals surface area contributed by atoms with Crippen LogP contribution >= 0.6 is 15.9 Å². The smallest absolute Gasteiger partial charge is 0.265 e. The van der Waals surface area contributed by atoms with Gasteiger partial charge < -0.3 is 4.90 Å². The van der Waals surface area contributed by atoms with Crippen LogP contribution in [0.2, 0.25) is 0 Å². The Bertz CT molecular complexity index is 918. The van der Waals surface area contributed by atoms with Gasteiger partial charge in [-0.1, -0.05) is 0 Å². The van der Waals surface area contributed by atoms with E-state index in [-0.39, 0.29) is 5.56 Å². The second kappa shape index (κ2) is 4.67. The number of hydrogen-bond donors (Lipinski definition) is 0. The van der Waals surface area contributed by atoms with Crippen LogP contribution in [0.25, 0.3) is 11.0 Å². The summed E-state index contributed by atoms with van der Waals surface area (Å²) in [6, 6.07) is 0.297. The zero-order valence-electron chi connectivity index (χ0n) is 12.1. The average molecular weight is 364 g/mol. The molecular formula is C13H14BrN7O. The van der Waals surface area contributed by atoms with Gasteiger partial charge in [0.05, 0.1) is 22.9 Å². The fourth-order valence-electron chi connectivity index (χ4n) is 2.74. The first-order valence-corrected chi connectivity index (χ1v) is 7.67. The Hall–Kier alpha value is -2.16. The predicted molar refractivity (Wildman–Crippen MR) is 84.9 cm³/mol. The molecule has 0 amide bonds. The molecule has 4 rings (SSSR count). The van der Waals surface area contributed by atoms with Gasteiger partial charge in [-0.15, -0.1) is 0 Å². The quantitative estimate of drug-likeness (QED) is 0.669. The van der Waals surface area contributed by atoms with Crippen molar-refractivity contribution in [1.29, 1.82) is 0 Å². The van der Waals surface area contributed by atoms with Gasteiger partial charge in [0, 0.05) is 33.4 Å². The number of fused-ring (bicyclic) bond motifs is 1. The van der Waals surface area contributed by atoms with E-state index in [0.717, 1.165) is 17.6 Å². The van der Waals surface area contributed by atoms with Crippen molar-refractivity contribution in [3.8, 4) is 0 Å². The van der Waals surface area contributed by atoms with E-state index in [4.69, 9.17) is 0 Å². The molecule has 0 saturated carbocycles. The van der Waals surface area contributed by atoms with E-state index in [2.05, 4.69) is 36.0 Å². The molecule has 1 aliphatic rings. The largest absolute Gasteiger partial charge is 0.338 e. The lowest BCUT2D eigenvalue weighted by molar-refractivity contribution is 0.360. The molecule has 0 aromatic carbocycles. The molecule has 8 nitrogen and oxygen atoms in total. The van der Waals surface area contributed by atoms with Gasteiger partial charge in [0.2, 0.25) is 5.95 Å². The molecule has 0 aliphatic carbocycles. The van der Waals surface area contributed by atoms with E-state index in [0.29, 0.717) is 23.0 Å². The molecule has 0 N–H and O–H groups in total. The number of aryl methyl sites for hydroxylation is 1. The number of hydrogen-bond acceptors (Lipinski definition) is 5. The standard InChI is InChI=1S/C13H14BrN7O/c1-18-12(22)10-4-15-19(2)11(10)17-13(18)20-6-9(7-20)21-5-8(14)3-16-21/h3-5,9H,6-7H2,1-2H3. The maximum Gasteiger partial charge on any atom is 0.265 e. The summed E-state index contributed by atoms with van der Waals surface area (Å²) in [6.07, 6.45) is 5.30. The normalized spacial score (nSPS) is 15.5. The molecule has 3 aromatic rings. The van der Waals surface area contributed by atoms with Crippen molar-refractivity contribution in [2.75, 3.05) is 18.0 Å². The van der Waals surface area contributed by atoms with Gasteiger partial charge in [-0.05, 0) is 15.9 Å². The zero-order valence-corrected chi connectivity index (χ0v) is 13.7. The van der Waals surface area contributed by atoms with Gasteiger partial charge in [0.25, 0.3) is 5.56 Å². The van der Waals surface area contributed by atoms with Gasteiger partial charge in [-0.3, -0.25) is 18.7 Å². The maximum absolute atomic E-state index is 12.4. The van der Waals surface area contributed by atoms with Crippen molar-refractivity contribution in [1.82, 2.24) is 29.1 Å². The maximum atomic E-state index is 12.4. The summed E-state index contributed by atoms with van der Waals surface area (Å²) >= 11 is 3.40. The summed E-state index contributed by atoms with van der Waals surface area (Å²) in [4.78, 5) is 19.1. The molecule has 4 heterocycles. The highest BCUT2D eigenvalue weighted by Crippen LogP contribution is 2.26. The van der Waals surface area contributed by atoms with E-state index in [1.54, 1.807) is 35.7 Å². The summed E-state index contributed by atoms with van der Waals surface area (Å²) in [7, 11) is 3.54. The monoisotopic (exact) mass is 363 g/mol. The lowest BCUT2D eigenvalue weighted by atomic mass is 10.1. The number of anilines is 1. The lowest BCUT2D eigenvalue weighted by Gasteiger charge is -2.40. The first kappa shape index (κ1) is 13.5. The first-order valence-electron chi connectivity index (χ1n) is 6.88. The van der Waals surface area contributed by atoms with Crippen LogP contribution in [0.1, 0.15) is 6.04 Å². The summed E-state index contributed by atoms with van der Waals surface area (Å²) in [5.74, 6) is 0.670. The zero-order chi connectivity index (χ0) is 15.4. The molecule has 0 atom stereocenters. The molecule has 1 fully saturated rings. The second-order valence-electron chi connectivity index (χ2n) is 5.48. The van der Waals surface area contributed by atoms with Crippen molar-refractivity contribution >= 4 is 32.9 Å². The molecular weight excluding hydrogens is 350 g/mol. The number of nitrogens with zero attached hydrogens (tertiary/aromatic N) is 7. The van der Waals surface area contributed by atoms with Gasteiger partial charge in [-0.2, -0.15) is 15.2 Å². The number of rotatable bonds is 2. The SMILES string of the molecule is Cn1c(N2CC(n3cc(Br)cn3)C2)nc2c(cnn2C)c1=O. The molecule has 0 unspecified atom stereocenters. The van der Waals surface area contributed by atoms with E-state index >= 15 is 0 Å². The molecule has 114 valence electrons. The van der Waals surface area contributed by atoms with Crippen molar-refractivity contribution in [3.05, 3.63) is 33.4 Å². The third kappa shape index (κ3) is 1.88. The first-order chi connectivity index (χ1) is 10.5. The van der Waals surface area contributed by atoms with Crippen LogP contribution in [0.3, 0.4) is 0 Å². The molecule has 0 spiro atoms. The van der Waals surface area contributed by atoms with E-state index in [9.17, 15) is 4.79 Å². The van der Waals surface area contributed by atoms with Crippen LogP contribution < -0.4 is 10.5 Å². The van der Waals surface area contributed by atoms with Crippen LogP contribution in [-0.2, 0) is 14.1 Å². The van der Waals surface area contributed by atoms with Crippen molar-refractivity contribution in [3.63, 3.8) is 0 Å². The lowest BCUT2D eigenvalue weighted by Crippen LogP contribution is -2.50. The Morgan fingerprint density at radius 2 is 2.00 bits per heavy atom. The minimum Gasteiger partial charge on any atom is -0.338 e. The minimum absolute atomic E-state index is 0.0709. The Morgan fingerprint density at radius 1 is 1.23 bits per heavy atom. The topological polar surface area (TPSA) is 73.8 Å². The molecule has 0 bridgehead atoms. The Morgan fingerprint density at radius 3 is 2.68 bits per heavy atom. The number of halogens is 1. The van der Waals surface area contributed by atoms with Crippen LogP contribution in [-0.4, -0.2) is 42.2 Å². The highest BCUT2D eigenvalue weighted by atomic mass is 79.9. The minimum atomic E-state index is -0.0709. The van der Waals surface area contributed by atoms with E-state index in [1.807, 2.05) is 10.9 Å². The fourth-order valence-corrected chi connectivity index (χ4v) is 3.04. The molecule has 1 aliphatic heterocycles. The highest BCUT2D eigenvalue weighted by molar-refractivity contribution is 9.10. The third-order valence-electron chi connectivity index (χ3n) is 4.04. The van der Waals surface area contributed by atoms with Crippen molar-refractivity contribution in [2.24, 2.45) is 14.1 Å². The summed E-state index contributed by atoms with van der Waals surface area (Å²) in [5, 5.41) is 8.96. The third-order valence-corrected chi connectivity index (χ3v) is 4.45.